The van der Waals surface area contributed by atoms with E-state index >= 15 is 0 Å². The van der Waals surface area contributed by atoms with Crippen molar-refractivity contribution in [2.45, 2.75) is 38.3 Å². The molecule has 0 saturated carbocycles. The predicted molar refractivity (Wildman–Crippen MR) is 73.0 cm³/mol. The van der Waals surface area contributed by atoms with E-state index in [1.807, 2.05) is 0 Å². The predicted octanol–water partition coefficient (Wildman–Crippen LogP) is 1.85. The van der Waals surface area contributed by atoms with E-state index in [9.17, 15) is 0 Å². The van der Waals surface area contributed by atoms with Crippen LogP contribution in [-0.2, 0) is 13.0 Å². The van der Waals surface area contributed by atoms with Gasteiger partial charge in [-0.25, -0.2) is 0 Å². The van der Waals surface area contributed by atoms with Crippen LogP contribution in [0, 0.1) is 0 Å². The largest absolute Gasteiger partial charge is 0.491 e. The molecule has 18 heavy (non-hydrogen) atoms. The van der Waals surface area contributed by atoms with Gasteiger partial charge in [0.15, 0.2) is 0 Å². The first kappa shape index (κ1) is 12.0. The molecule has 3 rings (SSSR count). The second-order valence-electron chi connectivity index (χ2n) is 5.70. The first-order chi connectivity index (χ1) is 8.77. The van der Waals surface area contributed by atoms with E-state index in [4.69, 9.17) is 4.74 Å². The lowest BCUT2D eigenvalue weighted by Gasteiger charge is -2.26. The van der Waals surface area contributed by atoms with E-state index in [1.54, 1.807) is 0 Å². The summed E-state index contributed by atoms with van der Waals surface area (Å²) < 4.78 is 6.10. The van der Waals surface area contributed by atoms with Gasteiger partial charge in [0.05, 0.1) is 0 Å². The third-order valence-corrected chi connectivity index (χ3v) is 4.10. The molecule has 3 heteroatoms. The Labute approximate surface area is 109 Å². The maximum atomic E-state index is 6.10. The number of rotatable bonds is 3. The summed E-state index contributed by atoms with van der Waals surface area (Å²) in [5, 5.41) is 6.95. The van der Waals surface area contributed by atoms with Crippen LogP contribution in [0.4, 0.5) is 0 Å². The number of hydrogen-bond acceptors (Lipinski definition) is 3. The molecule has 1 aromatic rings. The minimum absolute atomic E-state index is 0.162. The Hall–Kier alpha value is -1.06. The summed E-state index contributed by atoms with van der Waals surface area (Å²) in [5.74, 6) is 1.09. The molecule has 98 valence electrons. The zero-order chi connectivity index (χ0) is 12.4. The zero-order valence-electron chi connectivity index (χ0n) is 11.1. The summed E-state index contributed by atoms with van der Waals surface area (Å²) in [6.45, 7) is 6.19. The Morgan fingerprint density at radius 3 is 3.11 bits per heavy atom. The van der Waals surface area contributed by atoms with Gasteiger partial charge in [-0.05, 0) is 56.5 Å². The van der Waals surface area contributed by atoms with Crippen LogP contribution in [0.15, 0.2) is 18.2 Å². The van der Waals surface area contributed by atoms with Crippen molar-refractivity contribution in [3.8, 4) is 5.75 Å². The first-order valence-electron chi connectivity index (χ1n) is 6.96. The Bertz CT molecular complexity index is 425. The molecule has 0 spiro atoms. The van der Waals surface area contributed by atoms with Gasteiger partial charge in [0.2, 0.25) is 0 Å². The maximum Gasteiger partial charge on any atom is 0.122 e. The van der Waals surface area contributed by atoms with Crippen molar-refractivity contribution in [3.05, 3.63) is 29.3 Å². The highest BCUT2D eigenvalue weighted by atomic mass is 16.5. The van der Waals surface area contributed by atoms with Crippen molar-refractivity contribution in [1.82, 2.24) is 10.6 Å². The van der Waals surface area contributed by atoms with Gasteiger partial charge in [0.25, 0.3) is 0 Å². The van der Waals surface area contributed by atoms with E-state index in [-0.39, 0.29) is 5.54 Å². The molecule has 2 heterocycles. The third-order valence-electron chi connectivity index (χ3n) is 4.10. The van der Waals surface area contributed by atoms with Crippen molar-refractivity contribution in [2.24, 2.45) is 0 Å². The van der Waals surface area contributed by atoms with Crippen LogP contribution in [0.5, 0.6) is 5.75 Å². The molecule has 0 bridgehead atoms. The van der Waals surface area contributed by atoms with Crippen LogP contribution in [-0.4, -0.2) is 25.2 Å². The summed E-state index contributed by atoms with van der Waals surface area (Å²) in [4.78, 5) is 0. The SMILES string of the molecule is CC1(COc2cccc3c2CCNC3)CCCN1. The van der Waals surface area contributed by atoms with Crippen LogP contribution in [0.1, 0.15) is 30.9 Å². The zero-order valence-corrected chi connectivity index (χ0v) is 11.1. The molecule has 1 saturated heterocycles. The molecule has 0 radical (unpaired) electrons. The van der Waals surface area contributed by atoms with Crippen LogP contribution in [0.2, 0.25) is 0 Å². The second kappa shape index (κ2) is 4.90. The molecule has 2 N–H and O–H groups in total. The van der Waals surface area contributed by atoms with E-state index < -0.39 is 0 Å². The van der Waals surface area contributed by atoms with Crippen molar-refractivity contribution in [3.63, 3.8) is 0 Å². The number of fused-ring (bicyclic) bond motifs is 1. The summed E-state index contributed by atoms with van der Waals surface area (Å²) in [6, 6.07) is 6.41. The lowest BCUT2D eigenvalue weighted by atomic mass is 9.99. The summed E-state index contributed by atoms with van der Waals surface area (Å²) in [6.07, 6.45) is 3.55. The Morgan fingerprint density at radius 1 is 1.33 bits per heavy atom. The fourth-order valence-corrected chi connectivity index (χ4v) is 2.95. The molecule has 1 atom stereocenters. The standard InChI is InChI=1S/C15H22N2O/c1-15(7-3-8-17-15)11-18-14-5-2-4-12-10-16-9-6-13(12)14/h2,4-5,16-17H,3,6-11H2,1H3. The molecule has 2 aliphatic heterocycles. The molecule has 0 aromatic heterocycles. The maximum absolute atomic E-state index is 6.10. The van der Waals surface area contributed by atoms with Crippen molar-refractivity contribution in [2.75, 3.05) is 19.7 Å². The molecule has 3 nitrogen and oxygen atoms in total. The second-order valence-corrected chi connectivity index (χ2v) is 5.70. The van der Waals surface area contributed by atoms with Gasteiger partial charge in [-0.1, -0.05) is 12.1 Å². The first-order valence-corrected chi connectivity index (χ1v) is 6.96. The Balaban J connectivity index is 1.72. The highest BCUT2D eigenvalue weighted by molar-refractivity contribution is 5.41. The lowest BCUT2D eigenvalue weighted by molar-refractivity contribution is 0.210. The monoisotopic (exact) mass is 246 g/mol. The fraction of sp³-hybridized carbons (Fsp3) is 0.600. The summed E-state index contributed by atoms with van der Waals surface area (Å²) >= 11 is 0. The molecule has 1 fully saturated rings. The molecule has 0 aliphatic carbocycles. The number of benzene rings is 1. The van der Waals surface area contributed by atoms with E-state index in [2.05, 4.69) is 35.8 Å². The third kappa shape index (κ3) is 2.38. The van der Waals surface area contributed by atoms with E-state index in [1.165, 1.54) is 24.0 Å². The average molecular weight is 246 g/mol. The Kier molecular flexibility index (Phi) is 3.27. The topological polar surface area (TPSA) is 33.3 Å². The molecule has 0 amide bonds. The van der Waals surface area contributed by atoms with Crippen molar-refractivity contribution < 1.29 is 4.74 Å². The van der Waals surface area contributed by atoms with Gasteiger partial charge in [0.1, 0.15) is 12.4 Å². The summed E-state index contributed by atoms with van der Waals surface area (Å²) in [5.41, 5.74) is 2.96. The Morgan fingerprint density at radius 2 is 2.28 bits per heavy atom. The minimum Gasteiger partial charge on any atom is -0.491 e. The van der Waals surface area contributed by atoms with Crippen LogP contribution in [0.3, 0.4) is 0 Å². The highest BCUT2D eigenvalue weighted by Crippen LogP contribution is 2.27. The van der Waals surface area contributed by atoms with Gasteiger partial charge in [-0.3, -0.25) is 0 Å². The van der Waals surface area contributed by atoms with E-state index in [0.717, 1.165) is 38.4 Å². The van der Waals surface area contributed by atoms with Crippen molar-refractivity contribution in [1.29, 1.82) is 0 Å². The number of ether oxygens (including phenoxy) is 1. The molecular weight excluding hydrogens is 224 g/mol. The van der Waals surface area contributed by atoms with E-state index in [0.29, 0.717) is 0 Å². The molecule has 2 aliphatic rings. The van der Waals surface area contributed by atoms with Gasteiger partial charge in [0, 0.05) is 12.1 Å². The molecule has 1 unspecified atom stereocenters. The number of nitrogens with one attached hydrogen (secondary N) is 2. The van der Waals surface area contributed by atoms with Crippen LogP contribution in [0.25, 0.3) is 0 Å². The van der Waals surface area contributed by atoms with Gasteiger partial charge in [-0.2, -0.15) is 0 Å². The lowest BCUT2D eigenvalue weighted by Crippen LogP contribution is -2.42. The quantitative estimate of drug-likeness (QED) is 0.854. The minimum atomic E-state index is 0.162. The van der Waals surface area contributed by atoms with Crippen LogP contribution >= 0.6 is 0 Å². The summed E-state index contributed by atoms with van der Waals surface area (Å²) in [7, 11) is 0. The molecule has 1 aromatic carbocycles. The van der Waals surface area contributed by atoms with Gasteiger partial charge in [-0.15, -0.1) is 0 Å². The normalized spacial score (nSPS) is 26.9. The smallest absolute Gasteiger partial charge is 0.122 e. The fourth-order valence-electron chi connectivity index (χ4n) is 2.95. The average Bonchev–Trinajstić information content (AvgIpc) is 2.84. The number of hydrogen-bond donors (Lipinski definition) is 2. The van der Waals surface area contributed by atoms with Gasteiger partial charge >= 0.3 is 0 Å². The van der Waals surface area contributed by atoms with Gasteiger partial charge < -0.3 is 15.4 Å². The van der Waals surface area contributed by atoms with Crippen molar-refractivity contribution >= 4 is 0 Å². The molecular formula is C15H22N2O. The van der Waals surface area contributed by atoms with Crippen LogP contribution < -0.4 is 15.4 Å². The highest BCUT2D eigenvalue weighted by Gasteiger charge is 2.29.